The van der Waals surface area contributed by atoms with E-state index in [2.05, 4.69) is 0 Å². The highest BCUT2D eigenvalue weighted by molar-refractivity contribution is 5.98. The number of fused-ring (bicyclic) bond motifs is 1. The molecule has 2 aliphatic rings. The Balaban J connectivity index is 1.67. The van der Waals surface area contributed by atoms with Gasteiger partial charge in [0.15, 0.2) is 0 Å². The summed E-state index contributed by atoms with van der Waals surface area (Å²) < 4.78 is 6.46. The number of aryl methyl sites for hydroxylation is 2. The maximum absolute atomic E-state index is 13.3. The molecule has 2 aromatic rings. The summed E-state index contributed by atoms with van der Waals surface area (Å²) in [7, 11) is 2.97. The van der Waals surface area contributed by atoms with Gasteiger partial charge in [0.1, 0.15) is 12.1 Å². The van der Waals surface area contributed by atoms with Gasteiger partial charge in [-0.05, 0) is 37.5 Å². The van der Waals surface area contributed by atoms with Crippen LogP contribution in [0.1, 0.15) is 39.6 Å². The number of esters is 1. The minimum absolute atomic E-state index is 0.0847. The summed E-state index contributed by atoms with van der Waals surface area (Å²) in [6.45, 7) is 3.66. The number of ether oxygens (including phenoxy) is 1. The molecular formula is C24H27N3O5. The van der Waals surface area contributed by atoms with E-state index in [1.165, 1.54) is 16.6 Å². The van der Waals surface area contributed by atoms with Crippen LogP contribution in [-0.4, -0.2) is 58.4 Å². The van der Waals surface area contributed by atoms with Gasteiger partial charge in [-0.1, -0.05) is 30.3 Å². The van der Waals surface area contributed by atoms with Crippen molar-refractivity contribution in [3.8, 4) is 0 Å². The second-order valence-corrected chi connectivity index (χ2v) is 8.57. The van der Waals surface area contributed by atoms with Crippen molar-refractivity contribution in [3.63, 3.8) is 0 Å². The van der Waals surface area contributed by atoms with Crippen LogP contribution < -0.4 is 5.56 Å². The van der Waals surface area contributed by atoms with Gasteiger partial charge in [0, 0.05) is 19.3 Å². The molecule has 4 rings (SSSR count). The predicted molar refractivity (Wildman–Crippen MR) is 117 cm³/mol. The zero-order chi connectivity index (χ0) is 23.2. The van der Waals surface area contributed by atoms with Gasteiger partial charge in [0.25, 0.3) is 11.5 Å². The Labute approximate surface area is 186 Å². The minimum atomic E-state index is -0.514. The number of carbonyl (C=O) groups excluding carboxylic acids is 3. The van der Waals surface area contributed by atoms with E-state index >= 15 is 0 Å². The summed E-state index contributed by atoms with van der Waals surface area (Å²) in [6, 6.07) is 10.4. The van der Waals surface area contributed by atoms with Crippen LogP contribution in [0.15, 0.2) is 41.2 Å². The zero-order valence-corrected chi connectivity index (χ0v) is 18.7. The van der Waals surface area contributed by atoms with Gasteiger partial charge >= 0.3 is 5.97 Å². The van der Waals surface area contributed by atoms with Crippen LogP contribution in [-0.2, 0) is 21.4 Å². The van der Waals surface area contributed by atoms with Crippen LogP contribution in [0.2, 0.25) is 0 Å². The molecule has 2 saturated heterocycles. The summed E-state index contributed by atoms with van der Waals surface area (Å²) >= 11 is 0. The van der Waals surface area contributed by atoms with Gasteiger partial charge in [-0.15, -0.1) is 0 Å². The van der Waals surface area contributed by atoms with Crippen LogP contribution in [0, 0.1) is 19.8 Å². The Bertz CT molecular complexity index is 1140. The lowest BCUT2D eigenvalue weighted by atomic mass is 9.93. The Hall–Kier alpha value is -3.42. The Morgan fingerprint density at radius 3 is 2.44 bits per heavy atom. The smallest absolute Gasteiger partial charge is 0.311 e. The Kier molecular flexibility index (Phi) is 5.62. The fourth-order valence-electron chi connectivity index (χ4n) is 5.01. The number of aromatic nitrogens is 1. The SMILES string of the molecule is COC(=O)[C@H]1C[C@H]2CN(C(=O)c3c(C)cc(C)n(C)c3=O)CC(=O)N2[C@H]1c1ccccc1. The fraction of sp³-hybridized carbons (Fsp3) is 0.417. The molecule has 0 radical (unpaired) electrons. The maximum Gasteiger partial charge on any atom is 0.311 e. The third-order valence-electron chi connectivity index (χ3n) is 6.66. The first-order chi connectivity index (χ1) is 15.2. The van der Waals surface area contributed by atoms with Crippen LogP contribution in [0.5, 0.6) is 0 Å². The number of hydrogen-bond donors (Lipinski definition) is 0. The monoisotopic (exact) mass is 437 g/mol. The average molecular weight is 437 g/mol. The number of methoxy groups -OCH3 is 1. The lowest BCUT2D eigenvalue weighted by molar-refractivity contribution is -0.147. The van der Waals surface area contributed by atoms with Crippen molar-refractivity contribution in [2.75, 3.05) is 20.2 Å². The van der Waals surface area contributed by atoms with E-state index in [0.29, 0.717) is 12.0 Å². The molecule has 32 heavy (non-hydrogen) atoms. The molecule has 2 aliphatic heterocycles. The van der Waals surface area contributed by atoms with Crippen molar-refractivity contribution in [3.05, 3.63) is 69.1 Å². The molecule has 0 unspecified atom stereocenters. The molecule has 0 aliphatic carbocycles. The van der Waals surface area contributed by atoms with Crippen molar-refractivity contribution in [1.82, 2.24) is 14.4 Å². The molecule has 1 aromatic heterocycles. The molecule has 0 saturated carbocycles. The summed E-state index contributed by atoms with van der Waals surface area (Å²) in [6.07, 6.45) is 0.395. The number of nitrogens with zero attached hydrogens (tertiary/aromatic N) is 3. The van der Waals surface area contributed by atoms with Crippen LogP contribution in [0.25, 0.3) is 0 Å². The van der Waals surface area contributed by atoms with Crippen molar-refractivity contribution in [1.29, 1.82) is 0 Å². The number of rotatable bonds is 3. The topological polar surface area (TPSA) is 88.9 Å². The molecular weight excluding hydrogens is 410 g/mol. The van der Waals surface area contributed by atoms with E-state index in [4.69, 9.17) is 4.74 Å². The molecule has 1 aromatic carbocycles. The number of carbonyl (C=O) groups is 3. The number of amides is 2. The summed E-state index contributed by atoms with van der Waals surface area (Å²) in [5, 5.41) is 0. The second-order valence-electron chi connectivity index (χ2n) is 8.57. The lowest BCUT2D eigenvalue weighted by Crippen LogP contribution is -2.56. The number of pyridine rings is 1. The molecule has 3 atom stereocenters. The largest absolute Gasteiger partial charge is 0.469 e. The van der Waals surface area contributed by atoms with E-state index in [9.17, 15) is 19.2 Å². The van der Waals surface area contributed by atoms with Crippen molar-refractivity contribution in [2.24, 2.45) is 13.0 Å². The number of piperazine rings is 1. The van der Waals surface area contributed by atoms with Gasteiger partial charge in [-0.3, -0.25) is 19.2 Å². The van der Waals surface area contributed by atoms with Crippen molar-refractivity contribution < 1.29 is 19.1 Å². The molecule has 0 bridgehead atoms. The van der Waals surface area contributed by atoms with Gasteiger partial charge in [-0.2, -0.15) is 0 Å². The summed E-state index contributed by atoms with van der Waals surface area (Å²) in [5.74, 6) is -1.58. The zero-order valence-electron chi connectivity index (χ0n) is 18.7. The van der Waals surface area contributed by atoms with Crippen LogP contribution >= 0.6 is 0 Å². The molecule has 168 valence electrons. The Morgan fingerprint density at radius 2 is 1.78 bits per heavy atom. The maximum atomic E-state index is 13.3. The second kappa shape index (κ2) is 8.26. The molecule has 0 spiro atoms. The van der Waals surface area contributed by atoms with E-state index in [-0.39, 0.29) is 42.1 Å². The average Bonchev–Trinajstić information content (AvgIpc) is 3.17. The molecule has 8 nitrogen and oxygen atoms in total. The first kappa shape index (κ1) is 21.8. The van der Waals surface area contributed by atoms with Gasteiger partial charge in [-0.25, -0.2) is 0 Å². The van der Waals surface area contributed by atoms with Crippen molar-refractivity contribution in [2.45, 2.75) is 32.4 Å². The molecule has 8 heteroatoms. The first-order valence-electron chi connectivity index (χ1n) is 10.6. The highest BCUT2D eigenvalue weighted by Crippen LogP contribution is 2.43. The number of benzene rings is 1. The molecule has 0 N–H and O–H groups in total. The standard InChI is InChI=1S/C24H27N3O5/c1-14-10-15(2)25(3)22(29)20(14)23(30)26-12-17-11-18(24(31)32-4)21(27(17)19(28)13-26)16-8-6-5-7-9-16/h5-10,17-18,21H,11-13H2,1-4H3/t17-,18-,21-/m0/s1. The predicted octanol–water partition coefficient (Wildman–Crippen LogP) is 1.59. The Morgan fingerprint density at radius 1 is 1.09 bits per heavy atom. The fourth-order valence-corrected chi connectivity index (χ4v) is 5.01. The summed E-state index contributed by atoms with van der Waals surface area (Å²) in [4.78, 5) is 55.1. The van der Waals surface area contributed by atoms with E-state index in [1.807, 2.05) is 30.3 Å². The van der Waals surface area contributed by atoms with Gasteiger partial charge < -0.3 is 19.1 Å². The minimum Gasteiger partial charge on any atom is -0.469 e. The first-order valence-corrected chi connectivity index (χ1v) is 10.6. The van der Waals surface area contributed by atoms with E-state index in [1.54, 1.807) is 31.9 Å². The van der Waals surface area contributed by atoms with Gasteiger partial charge in [0.05, 0.1) is 25.1 Å². The van der Waals surface area contributed by atoms with Crippen LogP contribution in [0.3, 0.4) is 0 Å². The van der Waals surface area contributed by atoms with Crippen LogP contribution in [0.4, 0.5) is 0 Å². The molecule has 2 amide bonds. The van der Waals surface area contributed by atoms with Gasteiger partial charge in [0.2, 0.25) is 5.91 Å². The van der Waals surface area contributed by atoms with E-state index in [0.717, 1.165) is 11.3 Å². The normalized spacial score (nSPS) is 22.6. The third kappa shape index (κ3) is 3.49. The lowest BCUT2D eigenvalue weighted by Gasteiger charge is -2.40. The van der Waals surface area contributed by atoms with Crippen molar-refractivity contribution >= 4 is 17.8 Å². The highest BCUT2D eigenvalue weighted by Gasteiger charge is 2.51. The summed E-state index contributed by atoms with van der Waals surface area (Å²) in [5.41, 5.74) is 1.92. The van der Waals surface area contributed by atoms with E-state index < -0.39 is 17.9 Å². The highest BCUT2D eigenvalue weighted by atomic mass is 16.5. The molecule has 3 heterocycles. The third-order valence-corrected chi connectivity index (χ3v) is 6.66. The number of hydrogen-bond acceptors (Lipinski definition) is 5. The molecule has 2 fully saturated rings. The quantitative estimate of drug-likeness (QED) is 0.681.